The number of nitrogen functional groups attached to an aromatic ring is 1. The van der Waals surface area contributed by atoms with Gasteiger partial charge in [-0.3, -0.25) is 9.89 Å². The first-order valence-electron chi connectivity index (χ1n) is 7.52. The fourth-order valence-corrected chi connectivity index (χ4v) is 2.18. The van der Waals surface area contributed by atoms with E-state index in [0.717, 1.165) is 11.3 Å². The van der Waals surface area contributed by atoms with Gasteiger partial charge in [-0.2, -0.15) is 5.10 Å². The van der Waals surface area contributed by atoms with Gasteiger partial charge in [-0.05, 0) is 36.8 Å². The predicted molar refractivity (Wildman–Crippen MR) is 92.9 cm³/mol. The molecule has 0 atom stereocenters. The summed E-state index contributed by atoms with van der Waals surface area (Å²) in [4.78, 5) is 12.1. The Balaban J connectivity index is 1.60. The maximum absolute atomic E-state index is 12.1. The fourth-order valence-electron chi connectivity index (χ4n) is 2.18. The maximum atomic E-state index is 12.1. The molecular weight excluding hydrogens is 304 g/mol. The number of ether oxygens (including phenoxy) is 1. The van der Waals surface area contributed by atoms with Crippen molar-refractivity contribution in [2.45, 2.75) is 13.5 Å². The first kappa shape index (κ1) is 15.6. The molecule has 3 aromatic rings. The Morgan fingerprint density at radius 1 is 1.17 bits per heavy atom. The molecule has 0 saturated heterocycles. The lowest BCUT2D eigenvalue weighted by atomic mass is 10.2. The van der Waals surface area contributed by atoms with E-state index in [1.165, 1.54) is 0 Å². The molecule has 0 bridgehead atoms. The summed E-state index contributed by atoms with van der Waals surface area (Å²) in [5, 5.41) is 9.35. The van der Waals surface area contributed by atoms with Crippen molar-refractivity contribution < 1.29 is 9.53 Å². The van der Waals surface area contributed by atoms with Crippen LogP contribution >= 0.6 is 0 Å². The number of H-pyrrole nitrogens is 1. The van der Waals surface area contributed by atoms with Gasteiger partial charge in [0.1, 0.15) is 12.4 Å². The number of nitrogens with one attached hydrogen (secondary N) is 2. The zero-order chi connectivity index (χ0) is 16.9. The minimum absolute atomic E-state index is 0.192. The normalized spacial score (nSPS) is 10.4. The van der Waals surface area contributed by atoms with E-state index in [2.05, 4.69) is 15.5 Å². The number of carbonyl (C=O) groups excluding carboxylic acids is 1. The monoisotopic (exact) mass is 322 g/mol. The number of aromatic nitrogens is 2. The first-order valence-corrected chi connectivity index (χ1v) is 7.52. The van der Waals surface area contributed by atoms with Crippen molar-refractivity contribution in [3.8, 4) is 5.75 Å². The van der Waals surface area contributed by atoms with Gasteiger partial charge in [0, 0.05) is 5.69 Å². The lowest BCUT2D eigenvalue weighted by Gasteiger charge is -2.08. The summed E-state index contributed by atoms with van der Waals surface area (Å²) in [6.07, 6.45) is 0. The quantitative estimate of drug-likeness (QED) is 0.673. The van der Waals surface area contributed by atoms with Crippen molar-refractivity contribution >= 4 is 17.3 Å². The molecule has 0 aliphatic heterocycles. The molecule has 0 aliphatic rings. The van der Waals surface area contributed by atoms with Crippen molar-refractivity contribution in [1.29, 1.82) is 0 Å². The van der Waals surface area contributed by atoms with Gasteiger partial charge >= 0.3 is 0 Å². The SMILES string of the molecule is Cc1[nH]nc(C(=O)Nc2ccc(OCc3ccccc3)cc2)c1N. The lowest BCUT2D eigenvalue weighted by molar-refractivity contribution is 0.102. The highest BCUT2D eigenvalue weighted by Crippen LogP contribution is 2.19. The molecule has 0 fully saturated rings. The van der Waals surface area contributed by atoms with Gasteiger partial charge in [-0.1, -0.05) is 30.3 Å². The van der Waals surface area contributed by atoms with Crippen LogP contribution in [0.5, 0.6) is 5.75 Å². The highest BCUT2D eigenvalue weighted by atomic mass is 16.5. The lowest BCUT2D eigenvalue weighted by Crippen LogP contribution is -2.14. The van der Waals surface area contributed by atoms with E-state index in [-0.39, 0.29) is 11.6 Å². The van der Waals surface area contributed by atoms with E-state index in [0.29, 0.717) is 23.7 Å². The predicted octanol–water partition coefficient (Wildman–Crippen LogP) is 3.13. The average molecular weight is 322 g/mol. The van der Waals surface area contributed by atoms with E-state index in [9.17, 15) is 4.79 Å². The van der Waals surface area contributed by atoms with Gasteiger partial charge in [0.15, 0.2) is 5.69 Å². The minimum atomic E-state index is -0.352. The Morgan fingerprint density at radius 3 is 2.50 bits per heavy atom. The van der Waals surface area contributed by atoms with E-state index < -0.39 is 0 Å². The number of rotatable bonds is 5. The number of aromatic amines is 1. The molecule has 1 aromatic heterocycles. The van der Waals surface area contributed by atoms with Gasteiger partial charge in [0.25, 0.3) is 5.91 Å². The summed E-state index contributed by atoms with van der Waals surface area (Å²) in [5.41, 5.74) is 8.76. The molecule has 3 rings (SSSR count). The third kappa shape index (κ3) is 3.55. The summed E-state index contributed by atoms with van der Waals surface area (Å²) in [6, 6.07) is 17.1. The fraction of sp³-hybridized carbons (Fsp3) is 0.111. The van der Waals surface area contributed by atoms with Crippen LogP contribution in [0.25, 0.3) is 0 Å². The Bertz CT molecular complexity index is 826. The van der Waals surface area contributed by atoms with E-state index in [1.807, 2.05) is 30.3 Å². The number of hydrogen-bond donors (Lipinski definition) is 3. The molecular formula is C18H18N4O2. The smallest absolute Gasteiger partial charge is 0.278 e. The average Bonchev–Trinajstić information content (AvgIpc) is 2.94. The highest BCUT2D eigenvalue weighted by Gasteiger charge is 2.15. The van der Waals surface area contributed by atoms with E-state index in [1.54, 1.807) is 31.2 Å². The molecule has 1 heterocycles. The largest absolute Gasteiger partial charge is 0.489 e. The molecule has 0 saturated carbocycles. The van der Waals surface area contributed by atoms with Crippen LogP contribution in [0.15, 0.2) is 54.6 Å². The number of hydrogen-bond acceptors (Lipinski definition) is 4. The third-order valence-corrected chi connectivity index (χ3v) is 3.57. The summed E-state index contributed by atoms with van der Waals surface area (Å²) >= 11 is 0. The van der Waals surface area contributed by atoms with Crippen molar-refractivity contribution in [1.82, 2.24) is 10.2 Å². The molecule has 0 spiro atoms. The van der Waals surface area contributed by atoms with E-state index >= 15 is 0 Å². The highest BCUT2D eigenvalue weighted by molar-refractivity contribution is 6.06. The van der Waals surface area contributed by atoms with Crippen LogP contribution in [0.3, 0.4) is 0 Å². The molecule has 2 aromatic carbocycles. The van der Waals surface area contributed by atoms with Crippen LogP contribution in [0.4, 0.5) is 11.4 Å². The van der Waals surface area contributed by atoms with Crippen molar-refractivity contribution in [3.63, 3.8) is 0 Å². The maximum Gasteiger partial charge on any atom is 0.278 e. The zero-order valence-electron chi connectivity index (χ0n) is 13.2. The van der Waals surface area contributed by atoms with Crippen LogP contribution in [-0.4, -0.2) is 16.1 Å². The Hall–Kier alpha value is -3.28. The van der Waals surface area contributed by atoms with Crippen LogP contribution in [0, 0.1) is 6.92 Å². The number of carbonyl (C=O) groups is 1. The summed E-state index contributed by atoms with van der Waals surface area (Å²) < 4.78 is 5.71. The molecule has 6 nitrogen and oxygen atoms in total. The number of nitrogens with zero attached hydrogens (tertiary/aromatic N) is 1. The van der Waals surface area contributed by atoms with Gasteiger partial charge in [0.05, 0.1) is 11.4 Å². The summed E-state index contributed by atoms with van der Waals surface area (Å²) in [5.74, 6) is 0.377. The molecule has 0 radical (unpaired) electrons. The second-order valence-corrected chi connectivity index (χ2v) is 5.36. The van der Waals surface area contributed by atoms with Crippen molar-refractivity contribution in [2.24, 2.45) is 0 Å². The molecule has 6 heteroatoms. The molecule has 0 aliphatic carbocycles. The molecule has 4 N–H and O–H groups in total. The van der Waals surface area contributed by atoms with Gasteiger partial charge in [0.2, 0.25) is 0 Å². The number of aryl methyl sites for hydroxylation is 1. The van der Waals surface area contributed by atoms with Crippen molar-refractivity contribution in [3.05, 3.63) is 71.5 Å². The molecule has 1 amide bonds. The second kappa shape index (κ2) is 6.87. The number of amides is 1. The Morgan fingerprint density at radius 2 is 1.88 bits per heavy atom. The Kier molecular flexibility index (Phi) is 4.47. The summed E-state index contributed by atoms with van der Waals surface area (Å²) in [6.45, 7) is 2.26. The Labute approximate surface area is 139 Å². The number of nitrogens with two attached hydrogens (primary N) is 1. The minimum Gasteiger partial charge on any atom is -0.489 e. The third-order valence-electron chi connectivity index (χ3n) is 3.57. The first-order chi connectivity index (χ1) is 11.6. The van der Waals surface area contributed by atoms with Crippen LogP contribution in [-0.2, 0) is 6.61 Å². The number of benzene rings is 2. The van der Waals surface area contributed by atoms with Gasteiger partial charge < -0.3 is 15.8 Å². The number of anilines is 2. The molecule has 0 unspecified atom stereocenters. The van der Waals surface area contributed by atoms with Crippen LogP contribution in [0.2, 0.25) is 0 Å². The van der Waals surface area contributed by atoms with Crippen molar-refractivity contribution in [2.75, 3.05) is 11.1 Å². The second-order valence-electron chi connectivity index (χ2n) is 5.36. The topological polar surface area (TPSA) is 93.0 Å². The van der Waals surface area contributed by atoms with Gasteiger partial charge in [-0.25, -0.2) is 0 Å². The van der Waals surface area contributed by atoms with E-state index in [4.69, 9.17) is 10.5 Å². The standard InChI is InChI=1S/C18H18N4O2/c1-12-16(19)17(22-21-12)18(23)20-14-7-9-15(10-8-14)24-11-13-5-3-2-4-6-13/h2-10H,11,19H2,1H3,(H,20,23)(H,21,22). The molecule has 122 valence electrons. The van der Waals surface area contributed by atoms with Crippen LogP contribution < -0.4 is 15.8 Å². The molecule has 24 heavy (non-hydrogen) atoms. The summed E-state index contributed by atoms with van der Waals surface area (Å²) in [7, 11) is 0. The van der Waals surface area contributed by atoms with Gasteiger partial charge in [-0.15, -0.1) is 0 Å². The van der Waals surface area contributed by atoms with Crippen LogP contribution in [0.1, 0.15) is 21.7 Å². The zero-order valence-corrected chi connectivity index (χ0v) is 13.2.